The number of benzene rings is 1. The lowest BCUT2D eigenvalue weighted by molar-refractivity contribution is 0.0522. The Morgan fingerprint density at radius 2 is 2.14 bits per heavy atom. The highest BCUT2D eigenvalue weighted by Crippen LogP contribution is 2.31. The molecule has 2 unspecified atom stereocenters. The third-order valence-corrected chi connectivity index (χ3v) is 4.49. The molecule has 0 spiro atoms. The van der Waals surface area contributed by atoms with Crippen molar-refractivity contribution >= 4 is 17.9 Å². The van der Waals surface area contributed by atoms with Crippen LogP contribution in [0.2, 0.25) is 0 Å². The minimum atomic E-state index is -0.459. The van der Waals surface area contributed by atoms with Crippen LogP contribution >= 0.6 is 11.8 Å². The Morgan fingerprint density at radius 3 is 2.86 bits per heavy atom. The predicted octanol–water partition coefficient (Wildman–Crippen LogP) is 3.48. The van der Waals surface area contributed by atoms with Gasteiger partial charge in [-0.1, -0.05) is 24.3 Å². The average molecular weight is 322 g/mol. The SMILES string of the molecule is CC(CNC(=O)OC(C)(C)C)NC1CSCc2ccccc21. The van der Waals surface area contributed by atoms with Crippen LogP contribution < -0.4 is 10.6 Å². The van der Waals surface area contributed by atoms with Crippen LogP contribution in [0.25, 0.3) is 0 Å². The summed E-state index contributed by atoms with van der Waals surface area (Å²) in [6, 6.07) is 9.10. The quantitative estimate of drug-likeness (QED) is 0.891. The Morgan fingerprint density at radius 1 is 1.41 bits per heavy atom. The molecule has 0 radical (unpaired) electrons. The Balaban J connectivity index is 1.83. The van der Waals surface area contributed by atoms with Crippen molar-refractivity contribution in [1.29, 1.82) is 0 Å². The van der Waals surface area contributed by atoms with Gasteiger partial charge in [0.05, 0.1) is 0 Å². The maximum Gasteiger partial charge on any atom is 0.407 e. The van der Waals surface area contributed by atoms with E-state index in [4.69, 9.17) is 4.74 Å². The number of rotatable bonds is 4. The molecule has 4 nitrogen and oxygen atoms in total. The number of nitrogens with one attached hydrogen (secondary N) is 2. The Hall–Kier alpha value is -1.20. The molecule has 0 bridgehead atoms. The van der Waals surface area contributed by atoms with Crippen LogP contribution in [-0.4, -0.2) is 30.0 Å². The van der Waals surface area contributed by atoms with Gasteiger partial charge in [0.2, 0.25) is 0 Å². The summed E-state index contributed by atoms with van der Waals surface area (Å²) in [6.45, 7) is 8.23. The predicted molar refractivity (Wildman–Crippen MR) is 92.2 cm³/mol. The van der Waals surface area contributed by atoms with Gasteiger partial charge in [-0.15, -0.1) is 0 Å². The van der Waals surface area contributed by atoms with Crippen molar-refractivity contribution in [2.24, 2.45) is 0 Å². The number of fused-ring (bicyclic) bond motifs is 1. The van der Waals surface area contributed by atoms with Crippen LogP contribution in [0.5, 0.6) is 0 Å². The van der Waals surface area contributed by atoms with Gasteiger partial charge in [0.25, 0.3) is 0 Å². The molecule has 1 aromatic rings. The lowest BCUT2D eigenvalue weighted by atomic mass is 10.0. The van der Waals surface area contributed by atoms with Gasteiger partial charge in [-0.05, 0) is 38.8 Å². The van der Waals surface area contributed by atoms with Crippen LogP contribution in [0, 0.1) is 0 Å². The smallest absolute Gasteiger partial charge is 0.407 e. The zero-order chi connectivity index (χ0) is 16.2. The van der Waals surface area contributed by atoms with E-state index in [0.29, 0.717) is 12.6 Å². The van der Waals surface area contributed by atoms with E-state index in [1.54, 1.807) is 0 Å². The van der Waals surface area contributed by atoms with E-state index < -0.39 is 5.60 Å². The lowest BCUT2D eigenvalue weighted by Gasteiger charge is -2.29. The highest BCUT2D eigenvalue weighted by atomic mass is 32.2. The number of amides is 1. The van der Waals surface area contributed by atoms with Crippen molar-refractivity contribution in [1.82, 2.24) is 10.6 Å². The van der Waals surface area contributed by atoms with Gasteiger partial charge in [0.1, 0.15) is 5.60 Å². The standard InChI is InChI=1S/C17H26N2O2S/c1-12(9-18-16(20)21-17(2,3)4)19-15-11-22-10-13-7-5-6-8-14(13)15/h5-8,12,15,19H,9-11H2,1-4H3,(H,18,20). The first-order valence-corrected chi connectivity index (χ1v) is 8.89. The van der Waals surface area contributed by atoms with Crippen LogP contribution in [0.3, 0.4) is 0 Å². The second-order valence-electron chi connectivity index (χ2n) is 6.72. The van der Waals surface area contributed by atoms with E-state index in [9.17, 15) is 4.79 Å². The Kier molecular flexibility index (Phi) is 5.75. The Labute approximate surface area is 137 Å². The molecule has 1 aliphatic rings. The van der Waals surface area contributed by atoms with E-state index in [-0.39, 0.29) is 12.1 Å². The Bertz CT molecular complexity index is 514. The minimum Gasteiger partial charge on any atom is -0.444 e. The van der Waals surface area contributed by atoms with Gasteiger partial charge in [-0.2, -0.15) is 11.8 Å². The molecule has 5 heteroatoms. The number of carbonyl (C=O) groups excluding carboxylic acids is 1. The molecule has 2 N–H and O–H groups in total. The number of ether oxygens (including phenoxy) is 1. The highest BCUT2D eigenvalue weighted by Gasteiger charge is 2.22. The van der Waals surface area contributed by atoms with E-state index in [1.807, 2.05) is 32.5 Å². The first kappa shape index (κ1) is 17.2. The second kappa shape index (κ2) is 7.38. The summed E-state index contributed by atoms with van der Waals surface area (Å²) in [5, 5.41) is 6.42. The molecular weight excluding hydrogens is 296 g/mol. The first-order chi connectivity index (χ1) is 10.3. The zero-order valence-electron chi connectivity index (χ0n) is 13.8. The largest absolute Gasteiger partial charge is 0.444 e. The molecule has 1 aliphatic heterocycles. The highest BCUT2D eigenvalue weighted by molar-refractivity contribution is 7.98. The summed E-state index contributed by atoms with van der Waals surface area (Å²) in [4.78, 5) is 11.7. The van der Waals surface area contributed by atoms with Crippen molar-refractivity contribution < 1.29 is 9.53 Å². The van der Waals surface area contributed by atoms with Gasteiger partial charge in [0, 0.05) is 30.1 Å². The van der Waals surface area contributed by atoms with Gasteiger partial charge in [0.15, 0.2) is 0 Å². The summed E-state index contributed by atoms with van der Waals surface area (Å²) in [5.41, 5.74) is 2.33. The number of hydrogen-bond acceptors (Lipinski definition) is 4. The average Bonchev–Trinajstić information content (AvgIpc) is 2.44. The molecule has 0 saturated heterocycles. The van der Waals surface area contributed by atoms with Crippen LogP contribution in [-0.2, 0) is 10.5 Å². The summed E-state index contributed by atoms with van der Waals surface area (Å²) >= 11 is 1.95. The van der Waals surface area contributed by atoms with Gasteiger partial charge < -0.3 is 15.4 Å². The van der Waals surface area contributed by atoms with E-state index in [2.05, 4.69) is 41.8 Å². The third-order valence-electron chi connectivity index (χ3n) is 3.41. The molecular formula is C17H26N2O2S. The molecule has 0 saturated carbocycles. The zero-order valence-corrected chi connectivity index (χ0v) is 14.6. The molecule has 1 amide bonds. The summed E-state index contributed by atoms with van der Waals surface area (Å²) < 4.78 is 5.25. The normalized spacial score (nSPS) is 19.2. The topological polar surface area (TPSA) is 50.4 Å². The molecule has 1 heterocycles. The molecule has 0 aliphatic carbocycles. The van der Waals surface area contributed by atoms with Crippen molar-refractivity contribution in [2.75, 3.05) is 12.3 Å². The molecule has 122 valence electrons. The van der Waals surface area contributed by atoms with Crippen molar-refractivity contribution in [3.05, 3.63) is 35.4 Å². The molecule has 2 atom stereocenters. The fourth-order valence-corrected chi connectivity index (χ4v) is 3.59. The third kappa shape index (κ3) is 5.21. The molecule has 0 fully saturated rings. The molecule has 2 rings (SSSR count). The summed E-state index contributed by atoms with van der Waals surface area (Å²) in [5.74, 6) is 2.15. The van der Waals surface area contributed by atoms with E-state index in [1.165, 1.54) is 11.1 Å². The van der Waals surface area contributed by atoms with Crippen LogP contribution in [0.15, 0.2) is 24.3 Å². The number of alkyl carbamates (subject to hydrolysis) is 1. The lowest BCUT2D eigenvalue weighted by Crippen LogP contribution is -2.43. The van der Waals surface area contributed by atoms with Crippen LogP contribution in [0.4, 0.5) is 4.79 Å². The maximum atomic E-state index is 11.7. The van der Waals surface area contributed by atoms with Gasteiger partial charge in [-0.25, -0.2) is 4.79 Å². The monoisotopic (exact) mass is 322 g/mol. The van der Waals surface area contributed by atoms with Crippen molar-refractivity contribution in [2.45, 2.75) is 51.1 Å². The fraction of sp³-hybridized carbons (Fsp3) is 0.588. The van der Waals surface area contributed by atoms with Crippen molar-refractivity contribution in [3.63, 3.8) is 0 Å². The first-order valence-electron chi connectivity index (χ1n) is 7.73. The second-order valence-corrected chi connectivity index (χ2v) is 7.75. The fourth-order valence-electron chi connectivity index (χ4n) is 2.47. The van der Waals surface area contributed by atoms with E-state index >= 15 is 0 Å². The maximum absolute atomic E-state index is 11.7. The van der Waals surface area contributed by atoms with Crippen LogP contribution in [0.1, 0.15) is 44.9 Å². The summed E-state index contributed by atoms with van der Waals surface area (Å²) in [7, 11) is 0. The van der Waals surface area contributed by atoms with E-state index in [0.717, 1.165) is 11.5 Å². The summed E-state index contributed by atoms with van der Waals surface area (Å²) in [6.07, 6.45) is -0.362. The van der Waals surface area contributed by atoms with Crippen molar-refractivity contribution in [3.8, 4) is 0 Å². The number of hydrogen-bond donors (Lipinski definition) is 2. The number of thioether (sulfide) groups is 1. The molecule has 0 aromatic heterocycles. The minimum absolute atomic E-state index is 0.185. The van der Waals surface area contributed by atoms with Gasteiger partial charge in [-0.3, -0.25) is 0 Å². The molecule has 22 heavy (non-hydrogen) atoms. The molecule has 1 aromatic carbocycles. The number of carbonyl (C=O) groups is 1. The van der Waals surface area contributed by atoms with Gasteiger partial charge >= 0.3 is 6.09 Å².